The lowest BCUT2D eigenvalue weighted by molar-refractivity contribution is -0.129. The number of rotatable bonds is 1. The maximum Gasteiger partial charge on any atom is 0.254 e. The first-order valence-corrected chi connectivity index (χ1v) is 8.73. The third kappa shape index (κ3) is 2.77. The van der Waals surface area contributed by atoms with Gasteiger partial charge in [0.15, 0.2) is 0 Å². The van der Waals surface area contributed by atoms with Crippen molar-refractivity contribution in [3.05, 3.63) is 22.4 Å². The van der Waals surface area contributed by atoms with Crippen molar-refractivity contribution in [2.45, 2.75) is 24.8 Å². The van der Waals surface area contributed by atoms with Gasteiger partial charge in [-0.3, -0.25) is 14.5 Å². The van der Waals surface area contributed by atoms with E-state index in [1.165, 1.54) is 0 Å². The molecular formula is C16H23N3O2S. The molecule has 0 saturated carbocycles. The monoisotopic (exact) mass is 321 g/mol. The summed E-state index contributed by atoms with van der Waals surface area (Å²) in [7, 11) is 4.00. The molecular weight excluding hydrogens is 298 g/mol. The van der Waals surface area contributed by atoms with Crippen LogP contribution in [0.5, 0.6) is 0 Å². The Morgan fingerprint density at radius 1 is 1.23 bits per heavy atom. The van der Waals surface area contributed by atoms with Gasteiger partial charge in [0.1, 0.15) is 0 Å². The lowest BCUT2D eigenvalue weighted by Gasteiger charge is -2.49. The molecule has 2 amide bonds. The van der Waals surface area contributed by atoms with Crippen molar-refractivity contribution in [1.82, 2.24) is 14.7 Å². The van der Waals surface area contributed by atoms with Crippen molar-refractivity contribution in [3.63, 3.8) is 0 Å². The predicted octanol–water partition coefficient (Wildman–Crippen LogP) is 1.52. The van der Waals surface area contributed by atoms with Crippen LogP contribution >= 0.6 is 11.3 Å². The van der Waals surface area contributed by atoms with Crippen LogP contribution in [0.4, 0.5) is 0 Å². The van der Waals surface area contributed by atoms with Crippen LogP contribution in [-0.4, -0.2) is 72.3 Å². The van der Waals surface area contributed by atoms with E-state index in [-0.39, 0.29) is 17.4 Å². The van der Waals surface area contributed by atoms with Gasteiger partial charge in [0.05, 0.1) is 5.56 Å². The van der Waals surface area contributed by atoms with Gasteiger partial charge in [-0.15, -0.1) is 0 Å². The Kier molecular flexibility index (Phi) is 4.23. The zero-order chi connectivity index (χ0) is 15.7. The SMILES string of the molecule is CN1CC[C@@]2(CCC1=O)CN(C(=O)c1ccsc1)CCN2C. The quantitative estimate of drug-likeness (QED) is 0.788. The summed E-state index contributed by atoms with van der Waals surface area (Å²) in [5, 5.41) is 3.86. The van der Waals surface area contributed by atoms with Crippen LogP contribution in [0, 0.1) is 0 Å². The average Bonchev–Trinajstić information content (AvgIpc) is 3.01. The van der Waals surface area contributed by atoms with E-state index in [4.69, 9.17) is 0 Å². The number of hydrogen-bond donors (Lipinski definition) is 0. The summed E-state index contributed by atoms with van der Waals surface area (Å²) in [4.78, 5) is 30.8. The molecule has 1 atom stereocenters. The molecule has 1 aromatic heterocycles. The highest BCUT2D eigenvalue weighted by Gasteiger charge is 2.43. The summed E-state index contributed by atoms with van der Waals surface area (Å²) < 4.78 is 0. The maximum atomic E-state index is 12.6. The van der Waals surface area contributed by atoms with Gasteiger partial charge in [-0.1, -0.05) is 0 Å². The summed E-state index contributed by atoms with van der Waals surface area (Å²) in [6, 6.07) is 1.89. The minimum absolute atomic E-state index is 0.0651. The molecule has 120 valence electrons. The standard InChI is InChI=1S/C16H23N3O2S/c1-17-7-6-16(5-3-14(17)20)12-19(9-8-18(16)2)15(21)13-4-10-22-11-13/h4,10-11H,3,5-9,12H2,1-2H3/t16-/m0/s1. The van der Waals surface area contributed by atoms with E-state index in [0.29, 0.717) is 6.42 Å². The van der Waals surface area contributed by atoms with Crippen LogP contribution in [0.2, 0.25) is 0 Å². The zero-order valence-electron chi connectivity index (χ0n) is 13.2. The summed E-state index contributed by atoms with van der Waals surface area (Å²) >= 11 is 1.55. The smallest absolute Gasteiger partial charge is 0.254 e. The minimum atomic E-state index is -0.0651. The van der Waals surface area contributed by atoms with Gasteiger partial charge >= 0.3 is 0 Å². The lowest BCUT2D eigenvalue weighted by Crippen LogP contribution is -2.62. The van der Waals surface area contributed by atoms with E-state index in [0.717, 1.165) is 44.6 Å². The molecule has 0 aliphatic carbocycles. The van der Waals surface area contributed by atoms with Crippen molar-refractivity contribution < 1.29 is 9.59 Å². The Morgan fingerprint density at radius 2 is 2.05 bits per heavy atom. The summed E-state index contributed by atoms with van der Waals surface area (Å²) in [5.74, 6) is 0.337. The number of hydrogen-bond acceptors (Lipinski definition) is 4. The molecule has 0 unspecified atom stereocenters. The van der Waals surface area contributed by atoms with Crippen molar-refractivity contribution >= 4 is 23.2 Å². The third-order valence-corrected chi connectivity index (χ3v) is 5.88. The molecule has 1 spiro atoms. The molecule has 5 nitrogen and oxygen atoms in total. The number of carbonyl (C=O) groups is 2. The highest BCUT2D eigenvalue weighted by Crippen LogP contribution is 2.32. The van der Waals surface area contributed by atoms with Crippen molar-refractivity contribution in [2.75, 3.05) is 40.3 Å². The van der Waals surface area contributed by atoms with E-state index < -0.39 is 0 Å². The molecule has 3 rings (SSSR count). The molecule has 0 N–H and O–H groups in total. The second-order valence-electron chi connectivity index (χ2n) is 6.45. The molecule has 22 heavy (non-hydrogen) atoms. The van der Waals surface area contributed by atoms with Crippen molar-refractivity contribution in [2.24, 2.45) is 0 Å². The number of thiophene rings is 1. The van der Waals surface area contributed by atoms with Crippen molar-refractivity contribution in [3.8, 4) is 0 Å². The van der Waals surface area contributed by atoms with Gasteiger partial charge in [0.25, 0.3) is 5.91 Å². The summed E-state index contributed by atoms with van der Waals surface area (Å²) in [5.41, 5.74) is 0.719. The van der Waals surface area contributed by atoms with E-state index in [2.05, 4.69) is 11.9 Å². The summed E-state index contributed by atoms with van der Waals surface area (Å²) in [6.45, 7) is 3.12. The molecule has 6 heteroatoms. The number of nitrogens with zero attached hydrogens (tertiary/aromatic N) is 3. The molecule has 2 aliphatic heterocycles. The number of likely N-dealkylation sites (tertiary alicyclic amines) is 1. The Balaban J connectivity index is 1.78. The Bertz CT molecular complexity index is 560. The number of likely N-dealkylation sites (N-methyl/N-ethyl adjacent to an activating group) is 1. The zero-order valence-corrected chi connectivity index (χ0v) is 14.1. The van der Waals surface area contributed by atoms with Crippen LogP contribution in [-0.2, 0) is 4.79 Å². The van der Waals surface area contributed by atoms with Gasteiger partial charge in [-0.25, -0.2) is 0 Å². The first-order chi connectivity index (χ1) is 10.5. The Labute approximate surface area is 135 Å². The van der Waals surface area contributed by atoms with E-state index in [1.807, 2.05) is 33.7 Å². The first-order valence-electron chi connectivity index (χ1n) is 7.78. The maximum absolute atomic E-state index is 12.6. The average molecular weight is 321 g/mol. The summed E-state index contributed by atoms with van der Waals surface area (Å²) in [6.07, 6.45) is 2.33. The lowest BCUT2D eigenvalue weighted by atomic mass is 9.86. The number of amides is 2. The molecule has 3 heterocycles. The van der Waals surface area contributed by atoms with E-state index in [1.54, 1.807) is 11.3 Å². The van der Waals surface area contributed by atoms with E-state index >= 15 is 0 Å². The third-order valence-electron chi connectivity index (χ3n) is 5.20. The fourth-order valence-corrected chi connectivity index (χ4v) is 4.13. The van der Waals surface area contributed by atoms with Crippen molar-refractivity contribution in [1.29, 1.82) is 0 Å². The van der Waals surface area contributed by atoms with E-state index in [9.17, 15) is 9.59 Å². The molecule has 0 radical (unpaired) electrons. The Morgan fingerprint density at radius 3 is 2.77 bits per heavy atom. The fourth-order valence-electron chi connectivity index (χ4n) is 3.50. The van der Waals surface area contributed by atoms with Crippen LogP contribution in [0.1, 0.15) is 29.6 Å². The normalized spacial score (nSPS) is 27.3. The minimum Gasteiger partial charge on any atom is -0.346 e. The predicted molar refractivity (Wildman–Crippen MR) is 87.1 cm³/mol. The first kappa shape index (κ1) is 15.5. The topological polar surface area (TPSA) is 43.9 Å². The second-order valence-corrected chi connectivity index (χ2v) is 7.23. The molecule has 0 bridgehead atoms. The van der Waals surface area contributed by atoms with Gasteiger partial charge in [0, 0.05) is 50.6 Å². The van der Waals surface area contributed by atoms with Gasteiger partial charge in [-0.05, 0) is 31.3 Å². The Hall–Kier alpha value is -1.40. The molecule has 2 fully saturated rings. The molecule has 2 aliphatic rings. The van der Waals surface area contributed by atoms with Crippen LogP contribution < -0.4 is 0 Å². The number of piperazine rings is 1. The van der Waals surface area contributed by atoms with Gasteiger partial charge in [0.2, 0.25) is 5.91 Å². The van der Waals surface area contributed by atoms with Gasteiger partial charge in [-0.2, -0.15) is 11.3 Å². The van der Waals surface area contributed by atoms with Crippen LogP contribution in [0.3, 0.4) is 0 Å². The highest BCUT2D eigenvalue weighted by molar-refractivity contribution is 7.08. The fraction of sp³-hybridized carbons (Fsp3) is 0.625. The highest BCUT2D eigenvalue weighted by atomic mass is 32.1. The second kappa shape index (κ2) is 6.01. The number of carbonyl (C=O) groups excluding carboxylic acids is 2. The van der Waals surface area contributed by atoms with Gasteiger partial charge < -0.3 is 9.80 Å². The largest absolute Gasteiger partial charge is 0.346 e. The van der Waals surface area contributed by atoms with Crippen LogP contribution in [0.15, 0.2) is 16.8 Å². The molecule has 2 saturated heterocycles. The van der Waals surface area contributed by atoms with Crippen LogP contribution in [0.25, 0.3) is 0 Å². The molecule has 0 aromatic carbocycles. The molecule has 1 aromatic rings.